The lowest BCUT2D eigenvalue weighted by Gasteiger charge is -2.23. The molecule has 122 valence electrons. The Bertz CT molecular complexity index is 815. The first-order valence-electron chi connectivity index (χ1n) is 7.96. The molecular weight excluding hydrogens is 328 g/mol. The highest BCUT2D eigenvalue weighted by Crippen LogP contribution is 2.41. The molecule has 2 aliphatic carbocycles. The average molecular weight is 348 g/mol. The third kappa shape index (κ3) is 2.79. The quantitative estimate of drug-likeness (QED) is 0.838. The third-order valence-electron chi connectivity index (χ3n) is 5.17. The second-order valence-corrected chi connectivity index (χ2v) is 9.50. The third-order valence-corrected chi connectivity index (χ3v) is 8.03. The van der Waals surface area contributed by atoms with Crippen LogP contribution in [0.4, 0.5) is 5.69 Å². The van der Waals surface area contributed by atoms with Gasteiger partial charge in [0.1, 0.15) is 4.21 Å². The lowest BCUT2D eigenvalue weighted by atomic mass is 9.93. The molecule has 2 aliphatic rings. The first-order valence-corrected chi connectivity index (χ1v) is 10.3. The Balaban J connectivity index is 1.62. The van der Waals surface area contributed by atoms with Crippen molar-refractivity contribution in [1.82, 2.24) is 4.72 Å². The molecule has 1 aromatic heterocycles. The van der Waals surface area contributed by atoms with Crippen molar-refractivity contribution in [2.75, 3.05) is 5.73 Å². The van der Waals surface area contributed by atoms with Gasteiger partial charge in [0.15, 0.2) is 0 Å². The normalized spacial score (nSPS) is 26.7. The van der Waals surface area contributed by atoms with E-state index in [1.807, 2.05) is 6.07 Å². The fourth-order valence-corrected chi connectivity index (χ4v) is 6.46. The minimum absolute atomic E-state index is 0.0238. The summed E-state index contributed by atoms with van der Waals surface area (Å²) in [5, 5.41) is 1.80. The fourth-order valence-electron chi connectivity index (χ4n) is 4.08. The maximum absolute atomic E-state index is 12.6. The van der Waals surface area contributed by atoms with Crippen molar-refractivity contribution in [2.24, 2.45) is 11.8 Å². The zero-order valence-electron chi connectivity index (χ0n) is 12.7. The van der Waals surface area contributed by atoms with Crippen molar-refractivity contribution in [1.29, 1.82) is 0 Å². The molecule has 23 heavy (non-hydrogen) atoms. The van der Waals surface area contributed by atoms with E-state index in [4.69, 9.17) is 5.73 Å². The number of nitrogen functional groups attached to an aromatic ring is 1. The highest BCUT2D eigenvalue weighted by Gasteiger charge is 2.41. The van der Waals surface area contributed by atoms with E-state index in [1.165, 1.54) is 22.5 Å². The van der Waals surface area contributed by atoms with Crippen LogP contribution in [0.2, 0.25) is 0 Å². The van der Waals surface area contributed by atoms with Crippen LogP contribution in [0, 0.1) is 11.8 Å². The summed E-state index contributed by atoms with van der Waals surface area (Å²) in [6.45, 7) is 0. The summed E-state index contributed by atoms with van der Waals surface area (Å²) >= 11 is 1.27. The lowest BCUT2D eigenvalue weighted by molar-refractivity contribution is 0.386. The van der Waals surface area contributed by atoms with E-state index in [-0.39, 0.29) is 6.04 Å². The molecule has 3 atom stereocenters. The first kappa shape index (κ1) is 15.2. The highest BCUT2D eigenvalue weighted by atomic mass is 32.2. The van der Waals surface area contributed by atoms with E-state index in [0.29, 0.717) is 16.0 Å². The van der Waals surface area contributed by atoms with Gasteiger partial charge in [0.05, 0.1) is 0 Å². The Kier molecular flexibility index (Phi) is 3.70. The number of hydrogen-bond donors (Lipinski definition) is 2. The van der Waals surface area contributed by atoms with Crippen molar-refractivity contribution >= 4 is 27.0 Å². The fraction of sp³-hybridized carbons (Fsp3) is 0.412. The van der Waals surface area contributed by atoms with Crippen molar-refractivity contribution in [3.63, 3.8) is 0 Å². The van der Waals surface area contributed by atoms with Gasteiger partial charge in [-0.2, -0.15) is 0 Å². The first-order chi connectivity index (χ1) is 11.0. The van der Waals surface area contributed by atoms with E-state index >= 15 is 0 Å². The topological polar surface area (TPSA) is 72.2 Å². The number of rotatable bonds is 3. The Hall–Kier alpha value is -1.37. The number of thiophene rings is 1. The van der Waals surface area contributed by atoms with Crippen LogP contribution < -0.4 is 10.5 Å². The average Bonchev–Trinajstić information content (AvgIpc) is 3.10. The number of anilines is 1. The molecule has 2 bridgehead atoms. The van der Waals surface area contributed by atoms with Crippen LogP contribution in [0.5, 0.6) is 0 Å². The molecule has 6 heteroatoms. The minimum atomic E-state index is -3.41. The zero-order chi connectivity index (χ0) is 16.0. The van der Waals surface area contributed by atoms with Gasteiger partial charge in [-0.1, -0.05) is 12.1 Å². The van der Waals surface area contributed by atoms with Gasteiger partial charge in [0, 0.05) is 11.7 Å². The van der Waals surface area contributed by atoms with Gasteiger partial charge in [0.2, 0.25) is 10.0 Å². The predicted molar refractivity (Wildman–Crippen MR) is 92.9 cm³/mol. The molecule has 0 spiro atoms. The van der Waals surface area contributed by atoms with Crippen LogP contribution in [-0.2, 0) is 22.9 Å². The van der Waals surface area contributed by atoms with E-state index in [0.717, 1.165) is 31.4 Å². The summed E-state index contributed by atoms with van der Waals surface area (Å²) in [5.74, 6) is 0.734. The predicted octanol–water partition coefficient (Wildman–Crippen LogP) is 2.80. The molecule has 0 aliphatic heterocycles. The summed E-state index contributed by atoms with van der Waals surface area (Å²) in [5.41, 5.74) is 9.33. The number of hydrogen-bond acceptors (Lipinski definition) is 4. The van der Waals surface area contributed by atoms with Crippen molar-refractivity contribution in [3.8, 4) is 0 Å². The molecule has 3 N–H and O–H groups in total. The second kappa shape index (κ2) is 5.61. The largest absolute Gasteiger partial charge is 0.399 e. The van der Waals surface area contributed by atoms with E-state index in [9.17, 15) is 8.42 Å². The van der Waals surface area contributed by atoms with Gasteiger partial charge in [-0.25, -0.2) is 13.1 Å². The molecule has 4 nitrogen and oxygen atoms in total. The van der Waals surface area contributed by atoms with Crippen LogP contribution in [0.1, 0.15) is 24.0 Å². The summed E-state index contributed by atoms with van der Waals surface area (Å²) in [4.78, 5) is 0. The number of fused-ring (bicyclic) bond motifs is 3. The molecule has 0 saturated heterocycles. The number of benzene rings is 1. The zero-order valence-corrected chi connectivity index (χ0v) is 14.4. The molecule has 1 saturated carbocycles. The molecule has 1 heterocycles. The number of nitrogens with two attached hydrogens (primary N) is 1. The number of sulfonamides is 1. The molecule has 0 radical (unpaired) electrons. The van der Waals surface area contributed by atoms with Crippen molar-refractivity contribution < 1.29 is 8.42 Å². The van der Waals surface area contributed by atoms with Crippen molar-refractivity contribution in [3.05, 3.63) is 46.8 Å². The standard InChI is InChI=1S/C17H20N2O2S2/c18-15-6-5-11-8-12-3-4-13(9-14(11)10-15)17(12)19-23(20,21)16-2-1-7-22-16/h1-2,5-7,10,12-13,17,19H,3-4,8-9,18H2. The molecular formula is C17H20N2O2S2. The van der Waals surface area contributed by atoms with E-state index < -0.39 is 10.0 Å². The second-order valence-electron chi connectivity index (χ2n) is 6.61. The summed E-state index contributed by atoms with van der Waals surface area (Å²) in [6.07, 6.45) is 4.01. The van der Waals surface area contributed by atoms with Gasteiger partial charge >= 0.3 is 0 Å². The number of nitrogens with one attached hydrogen (secondary N) is 1. The smallest absolute Gasteiger partial charge is 0.250 e. The van der Waals surface area contributed by atoms with Gasteiger partial charge < -0.3 is 5.73 Å². The summed E-state index contributed by atoms with van der Waals surface area (Å²) < 4.78 is 28.6. The van der Waals surface area contributed by atoms with E-state index in [1.54, 1.807) is 17.5 Å². The SMILES string of the molecule is Nc1ccc2c(c1)CC1CCC(C2)C1NS(=O)(=O)c1cccs1. The van der Waals surface area contributed by atoms with Gasteiger partial charge in [0.25, 0.3) is 0 Å². The molecule has 2 aromatic rings. The molecule has 0 amide bonds. The highest BCUT2D eigenvalue weighted by molar-refractivity contribution is 7.91. The Labute approximate surface area is 140 Å². The van der Waals surface area contributed by atoms with Crippen LogP contribution in [0.25, 0.3) is 0 Å². The summed E-state index contributed by atoms with van der Waals surface area (Å²) in [6, 6.07) is 9.58. The van der Waals surface area contributed by atoms with Gasteiger partial charge in [-0.05, 0) is 72.2 Å². The van der Waals surface area contributed by atoms with Crippen LogP contribution in [-0.4, -0.2) is 14.5 Å². The van der Waals surface area contributed by atoms with Gasteiger partial charge in [-0.3, -0.25) is 0 Å². The van der Waals surface area contributed by atoms with Gasteiger partial charge in [-0.15, -0.1) is 11.3 Å². The molecule has 1 fully saturated rings. The van der Waals surface area contributed by atoms with Crippen LogP contribution >= 0.6 is 11.3 Å². The molecule has 4 rings (SSSR count). The minimum Gasteiger partial charge on any atom is -0.399 e. The maximum Gasteiger partial charge on any atom is 0.250 e. The Morgan fingerprint density at radius 3 is 2.52 bits per heavy atom. The lowest BCUT2D eigenvalue weighted by Crippen LogP contribution is -2.41. The van der Waals surface area contributed by atoms with Crippen molar-refractivity contribution in [2.45, 2.75) is 35.9 Å². The molecule has 1 aromatic carbocycles. The van der Waals surface area contributed by atoms with Crippen LogP contribution in [0.3, 0.4) is 0 Å². The van der Waals surface area contributed by atoms with E-state index in [2.05, 4.69) is 16.9 Å². The monoisotopic (exact) mass is 348 g/mol. The van der Waals surface area contributed by atoms with Crippen LogP contribution in [0.15, 0.2) is 39.9 Å². The maximum atomic E-state index is 12.6. The molecule has 3 unspecified atom stereocenters. The summed E-state index contributed by atoms with van der Waals surface area (Å²) in [7, 11) is -3.41. The Morgan fingerprint density at radius 2 is 1.83 bits per heavy atom. The Morgan fingerprint density at radius 1 is 1.09 bits per heavy atom.